The molecule has 1 atom stereocenters. The first-order chi connectivity index (χ1) is 18.5. The van der Waals surface area contributed by atoms with Gasteiger partial charge in [0.25, 0.3) is 5.91 Å². The molecule has 2 heterocycles. The van der Waals surface area contributed by atoms with Crippen LogP contribution in [0.15, 0.2) is 91.1 Å². The van der Waals surface area contributed by atoms with Crippen LogP contribution >= 0.6 is 0 Å². The van der Waals surface area contributed by atoms with Crippen LogP contribution < -0.4 is 9.47 Å². The Labute approximate surface area is 224 Å². The fourth-order valence-electron chi connectivity index (χ4n) is 5.00. The molecule has 0 saturated heterocycles. The van der Waals surface area contributed by atoms with E-state index in [1.165, 1.54) is 23.1 Å². The number of pyridine rings is 1. The van der Waals surface area contributed by atoms with E-state index in [9.17, 15) is 4.79 Å². The Hall–Kier alpha value is -4.16. The minimum atomic E-state index is -0.146. The van der Waals surface area contributed by atoms with Gasteiger partial charge in [-0.05, 0) is 35.2 Å². The van der Waals surface area contributed by atoms with Crippen LogP contribution in [-0.2, 0) is 19.5 Å². The molecule has 5 rings (SSSR count). The summed E-state index contributed by atoms with van der Waals surface area (Å²) < 4.78 is 11.7. The Morgan fingerprint density at radius 2 is 1.61 bits per heavy atom. The van der Waals surface area contributed by atoms with E-state index in [4.69, 9.17) is 9.47 Å². The number of aromatic nitrogens is 1. The van der Waals surface area contributed by atoms with Crippen LogP contribution in [0.4, 0.5) is 0 Å². The Kier molecular flexibility index (Phi) is 7.70. The number of methoxy groups -OCH3 is 1. The fraction of sp³-hybridized carbons (Fsp3) is 0.250. The molecule has 3 aromatic carbocycles. The van der Waals surface area contributed by atoms with Crippen LogP contribution in [0.25, 0.3) is 11.1 Å². The Balaban J connectivity index is 1.49. The van der Waals surface area contributed by atoms with Gasteiger partial charge in [-0.1, -0.05) is 72.8 Å². The van der Waals surface area contributed by atoms with Gasteiger partial charge in [0.05, 0.1) is 7.11 Å². The third-order valence-electron chi connectivity index (χ3n) is 6.97. The van der Waals surface area contributed by atoms with Crippen LogP contribution in [0.5, 0.6) is 11.6 Å². The van der Waals surface area contributed by atoms with E-state index < -0.39 is 0 Å². The van der Waals surface area contributed by atoms with Gasteiger partial charge in [-0.15, -0.1) is 0 Å². The highest BCUT2D eigenvalue weighted by atomic mass is 16.5. The summed E-state index contributed by atoms with van der Waals surface area (Å²) in [5.74, 6) is 1.06. The van der Waals surface area contributed by atoms with Crippen molar-refractivity contribution in [2.45, 2.75) is 25.6 Å². The van der Waals surface area contributed by atoms with Crippen molar-refractivity contribution < 1.29 is 14.3 Å². The van der Waals surface area contributed by atoms with Crippen LogP contribution in [0.1, 0.15) is 27.0 Å². The van der Waals surface area contributed by atoms with E-state index >= 15 is 0 Å². The molecule has 4 aromatic rings. The lowest BCUT2D eigenvalue weighted by molar-refractivity contribution is 0.0823. The summed E-state index contributed by atoms with van der Waals surface area (Å²) >= 11 is 0. The summed E-state index contributed by atoms with van der Waals surface area (Å²) in [6.07, 6.45) is 2.60. The lowest BCUT2D eigenvalue weighted by Crippen LogP contribution is -2.42. The van der Waals surface area contributed by atoms with Crippen molar-refractivity contribution in [3.05, 3.63) is 113 Å². The Bertz CT molecular complexity index is 1350. The average Bonchev–Trinajstić information content (AvgIpc) is 2.96. The molecule has 6 nitrogen and oxygen atoms in total. The molecule has 0 aliphatic carbocycles. The number of hydrogen-bond acceptors (Lipinski definition) is 5. The molecule has 1 unspecified atom stereocenters. The SMILES string of the molecule is COc1ncc(-c2cccc3c2CC(N(Cc2ccccc2)Cc2ccccc2)CO3)cc1C(=O)N(C)C. The number of benzene rings is 3. The predicted octanol–water partition coefficient (Wildman–Crippen LogP) is 5.46. The Morgan fingerprint density at radius 3 is 2.21 bits per heavy atom. The normalized spacial score (nSPS) is 14.5. The zero-order chi connectivity index (χ0) is 26.5. The summed E-state index contributed by atoms with van der Waals surface area (Å²) in [5.41, 5.74) is 6.01. The van der Waals surface area contributed by atoms with Crippen molar-refractivity contribution in [2.75, 3.05) is 27.8 Å². The number of ether oxygens (including phenoxy) is 2. The maximum Gasteiger partial charge on any atom is 0.258 e. The third kappa shape index (κ3) is 5.55. The first-order valence-electron chi connectivity index (χ1n) is 12.9. The quantitative estimate of drug-likeness (QED) is 0.317. The number of hydrogen-bond donors (Lipinski definition) is 0. The van der Waals surface area contributed by atoms with Crippen molar-refractivity contribution in [1.82, 2.24) is 14.8 Å². The summed E-state index contributed by atoms with van der Waals surface area (Å²) in [6, 6.07) is 29.3. The topological polar surface area (TPSA) is 54.9 Å². The average molecular weight is 508 g/mol. The molecule has 0 spiro atoms. The van der Waals surface area contributed by atoms with Crippen molar-refractivity contribution in [3.63, 3.8) is 0 Å². The number of nitrogens with zero attached hydrogens (tertiary/aromatic N) is 3. The van der Waals surface area contributed by atoms with Crippen LogP contribution in [0, 0.1) is 0 Å². The second-order valence-corrected chi connectivity index (χ2v) is 9.81. The molecule has 0 fully saturated rings. The molecule has 194 valence electrons. The highest BCUT2D eigenvalue weighted by Crippen LogP contribution is 2.37. The van der Waals surface area contributed by atoms with Crippen LogP contribution in [0.2, 0.25) is 0 Å². The minimum Gasteiger partial charge on any atom is -0.492 e. The van der Waals surface area contributed by atoms with Crippen molar-refractivity contribution in [2.24, 2.45) is 0 Å². The summed E-state index contributed by atoms with van der Waals surface area (Å²) in [6.45, 7) is 2.26. The van der Waals surface area contributed by atoms with E-state index in [2.05, 4.69) is 76.6 Å². The molecule has 1 aliphatic heterocycles. The monoisotopic (exact) mass is 507 g/mol. The molecule has 0 saturated carbocycles. The molecular formula is C32H33N3O3. The second kappa shape index (κ2) is 11.5. The van der Waals surface area contributed by atoms with E-state index in [0.717, 1.165) is 42.0 Å². The van der Waals surface area contributed by atoms with Gasteiger partial charge in [0.1, 0.15) is 17.9 Å². The van der Waals surface area contributed by atoms with E-state index in [0.29, 0.717) is 18.1 Å². The molecule has 1 aliphatic rings. The van der Waals surface area contributed by atoms with E-state index in [1.54, 1.807) is 20.3 Å². The third-order valence-corrected chi connectivity index (χ3v) is 6.97. The number of carbonyl (C=O) groups excluding carboxylic acids is 1. The van der Waals surface area contributed by atoms with Crippen molar-refractivity contribution in [3.8, 4) is 22.8 Å². The largest absolute Gasteiger partial charge is 0.492 e. The summed E-state index contributed by atoms with van der Waals surface area (Å²) in [4.78, 5) is 21.4. The summed E-state index contributed by atoms with van der Waals surface area (Å²) in [5, 5.41) is 0. The molecule has 1 aromatic heterocycles. The smallest absolute Gasteiger partial charge is 0.258 e. The number of carbonyl (C=O) groups is 1. The molecule has 0 bridgehead atoms. The summed E-state index contributed by atoms with van der Waals surface area (Å²) in [7, 11) is 4.99. The number of amides is 1. The standard InChI is InChI=1S/C32H33N3O3/c1-34(2)32(36)29-17-25(19-33-31(29)37-3)27-15-10-16-30-28(27)18-26(22-38-30)35(20-23-11-6-4-7-12-23)21-24-13-8-5-9-14-24/h4-17,19,26H,18,20-22H2,1-3H3. The first kappa shape index (κ1) is 25.5. The van der Waals surface area contributed by atoms with Gasteiger partial charge in [-0.2, -0.15) is 0 Å². The van der Waals surface area contributed by atoms with Gasteiger partial charge in [0, 0.05) is 50.6 Å². The molecule has 0 radical (unpaired) electrons. The van der Waals surface area contributed by atoms with Crippen molar-refractivity contribution >= 4 is 5.91 Å². The van der Waals surface area contributed by atoms with E-state index in [-0.39, 0.29) is 11.9 Å². The van der Waals surface area contributed by atoms with Gasteiger partial charge in [0.15, 0.2) is 0 Å². The lowest BCUT2D eigenvalue weighted by Gasteiger charge is -2.36. The maximum atomic E-state index is 12.9. The van der Waals surface area contributed by atoms with Gasteiger partial charge in [0.2, 0.25) is 5.88 Å². The first-order valence-corrected chi connectivity index (χ1v) is 12.9. The molecule has 0 N–H and O–H groups in total. The highest BCUT2D eigenvalue weighted by molar-refractivity contribution is 5.97. The highest BCUT2D eigenvalue weighted by Gasteiger charge is 2.28. The number of rotatable bonds is 8. The minimum absolute atomic E-state index is 0.146. The zero-order valence-corrected chi connectivity index (χ0v) is 22.1. The van der Waals surface area contributed by atoms with Crippen molar-refractivity contribution in [1.29, 1.82) is 0 Å². The van der Waals surface area contributed by atoms with Crippen LogP contribution in [0.3, 0.4) is 0 Å². The van der Waals surface area contributed by atoms with Gasteiger partial charge in [-0.25, -0.2) is 4.98 Å². The Morgan fingerprint density at radius 1 is 0.947 bits per heavy atom. The zero-order valence-electron chi connectivity index (χ0n) is 22.1. The van der Waals surface area contributed by atoms with Gasteiger partial charge in [-0.3, -0.25) is 9.69 Å². The molecule has 1 amide bonds. The van der Waals surface area contributed by atoms with Crippen LogP contribution in [-0.4, -0.2) is 54.5 Å². The maximum absolute atomic E-state index is 12.9. The lowest BCUT2D eigenvalue weighted by atomic mass is 9.92. The molecule has 6 heteroatoms. The molecule has 38 heavy (non-hydrogen) atoms. The number of fused-ring (bicyclic) bond motifs is 1. The second-order valence-electron chi connectivity index (χ2n) is 9.81. The fourth-order valence-corrected chi connectivity index (χ4v) is 5.00. The van der Waals surface area contributed by atoms with Gasteiger partial charge >= 0.3 is 0 Å². The van der Waals surface area contributed by atoms with Gasteiger partial charge < -0.3 is 14.4 Å². The predicted molar refractivity (Wildman–Crippen MR) is 149 cm³/mol. The molecular weight excluding hydrogens is 474 g/mol. The van der Waals surface area contributed by atoms with E-state index in [1.807, 2.05) is 18.2 Å².